The molecule has 0 bridgehead atoms. The summed E-state index contributed by atoms with van der Waals surface area (Å²) in [5, 5.41) is 13.8. The van der Waals surface area contributed by atoms with Gasteiger partial charge in [-0.3, -0.25) is 10.1 Å². The Bertz CT molecular complexity index is 1170. The van der Waals surface area contributed by atoms with Gasteiger partial charge < -0.3 is 5.11 Å². The molecule has 1 aliphatic carbocycles. The molecular formula is C28H23NO2. The average molecular weight is 405 g/mol. The number of benzene rings is 4. The highest BCUT2D eigenvalue weighted by atomic mass is 16.4. The van der Waals surface area contributed by atoms with Crippen molar-refractivity contribution in [3.8, 4) is 11.1 Å². The van der Waals surface area contributed by atoms with Gasteiger partial charge in [-0.1, -0.05) is 109 Å². The van der Waals surface area contributed by atoms with Crippen molar-refractivity contribution in [1.82, 2.24) is 5.32 Å². The molecule has 3 nitrogen and oxygen atoms in total. The lowest BCUT2D eigenvalue weighted by molar-refractivity contribution is -0.139. The van der Waals surface area contributed by atoms with Crippen LogP contribution >= 0.6 is 0 Å². The maximum Gasteiger partial charge on any atom is 0.321 e. The van der Waals surface area contributed by atoms with Crippen LogP contribution in [0.3, 0.4) is 0 Å². The van der Waals surface area contributed by atoms with Crippen LogP contribution in [0.4, 0.5) is 0 Å². The van der Waals surface area contributed by atoms with Crippen LogP contribution in [0.25, 0.3) is 11.1 Å². The van der Waals surface area contributed by atoms with E-state index in [4.69, 9.17) is 0 Å². The number of hydrogen-bond acceptors (Lipinski definition) is 2. The molecule has 0 aromatic heterocycles. The van der Waals surface area contributed by atoms with Crippen LogP contribution < -0.4 is 5.32 Å². The van der Waals surface area contributed by atoms with Gasteiger partial charge in [-0.2, -0.15) is 0 Å². The first kappa shape index (κ1) is 19.3. The minimum atomic E-state index is -0.860. The Morgan fingerprint density at radius 1 is 0.710 bits per heavy atom. The first-order valence-corrected chi connectivity index (χ1v) is 10.5. The highest BCUT2D eigenvalue weighted by Crippen LogP contribution is 2.51. The molecule has 4 aromatic rings. The second kappa shape index (κ2) is 7.86. The number of carbonyl (C=O) groups is 1. The molecule has 1 atom stereocenters. The van der Waals surface area contributed by atoms with E-state index in [2.05, 4.69) is 41.7 Å². The predicted molar refractivity (Wildman–Crippen MR) is 123 cm³/mol. The van der Waals surface area contributed by atoms with E-state index in [9.17, 15) is 9.90 Å². The van der Waals surface area contributed by atoms with Crippen LogP contribution in [0.15, 0.2) is 109 Å². The Morgan fingerprint density at radius 3 is 1.74 bits per heavy atom. The number of carboxylic acids is 1. The molecule has 31 heavy (non-hydrogen) atoms. The Hall–Kier alpha value is -3.69. The van der Waals surface area contributed by atoms with E-state index in [1.165, 1.54) is 0 Å². The molecule has 0 spiro atoms. The smallest absolute Gasteiger partial charge is 0.321 e. The van der Waals surface area contributed by atoms with Gasteiger partial charge in [0.1, 0.15) is 6.04 Å². The van der Waals surface area contributed by atoms with E-state index < -0.39 is 17.6 Å². The van der Waals surface area contributed by atoms with Gasteiger partial charge in [-0.15, -0.1) is 0 Å². The van der Waals surface area contributed by atoms with Crippen LogP contribution in [-0.2, 0) is 16.8 Å². The highest BCUT2D eigenvalue weighted by Gasteiger charge is 2.46. The first-order valence-electron chi connectivity index (χ1n) is 10.5. The van der Waals surface area contributed by atoms with E-state index in [0.29, 0.717) is 6.42 Å². The van der Waals surface area contributed by atoms with Crippen molar-refractivity contribution in [2.24, 2.45) is 0 Å². The van der Waals surface area contributed by atoms with Crippen LogP contribution in [-0.4, -0.2) is 17.1 Å². The zero-order valence-corrected chi connectivity index (χ0v) is 17.0. The summed E-state index contributed by atoms with van der Waals surface area (Å²) in [6.45, 7) is 0. The molecule has 3 heteroatoms. The summed E-state index contributed by atoms with van der Waals surface area (Å²) in [7, 11) is 0. The van der Waals surface area contributed by atoms with E-state index in [1.54, 1.807) is 0 Å². The minimum Gasteiger partial charge on any atom is -0.480 e. The molecule has 0 saturated carbocycles. The van der Waals surface area contributed by atoms with Crippen LogP contribution in [0.1, 0.15) is 22.3 Å². The van der Waals surface area contributed by atoms with Crippen molar-refractivity contribution >= 4 is 5.97 Å². The van der Waals surface area contributed by atoms with Gasteiger partial charge in [0.15, 0.2) is 0 Å². The third kappa shape index (κ3) is 3.24. The van der Waals surface area contributed by atoms with Crippen LogP contribution in [0.5, 0.6) is 0 Å². The summed E-state index contributed by atoms with van der Waals surface area (Å²) in [5.41, 5.74) is 5.73. The molecule has 0 fully saturated rings. The monoisotopic (exact) mass is 405 g/mol. The van der Waals surface area contributed by atoms with Crippen molar-refractivity contribution < 1.29 is 9.90 Å². The fraction of sp³-hybridized carbons (Fsp3) is 0.107. The summed E-state index contributed by atoms with van der Waals surface area (Å²) in [6, 6.07) is 35.8. The number of carboxylic acid groups (broad SMARTS) is 1. The Labute approximate surface area is 182 Å². The predicted octanol–water partition coefficient (Wildman–Crippen LogP) is 5.24. The molecule has 0 aliphatic heterocycles. The zero-order valence-electron chi connectivity index (χ0n) is 17.0. The van der Waals surface area contributed by atoms with Crippen molar-refractivity contribution in [1.29, 1.82) is 0 Å². The molecule has 152 valence electrons. The second-order valence-electron chi connectivity index (χ2n) is 7.93. The van der Waals surface area contributed by atoms with Crippen molar-refractivity contribution in [2.45, 2.75) is 18.0 Å². The molecule has 0 amide bonds. The van der Waals surface area contributed by atoms with Gasteiger partial charge >= 0.3 is 5.97 Å². The largest absolute Gasteiger partial charge is 0.480 e. The maximum absolute atomic E-state index is 12.4. The van der Waals surface area contributed by atoms with Gasteiger partial charge in [0.2, 0.25) is 0 Å². The van der Waals surface area contributed by atoms with Gasteiger partial charge in [-0.05, 0) is 39.8 Å². The number of fused-ring (bicyclic) bond motifs is 3. The Morgan fingerprint density at radius 2 is 1.19 bits per heavy atom. The van der Waals surface area contributed by atoms with E-state index in [-0.39, 0.29) is 0 Å². The average Bonchev–Trinajstić information content (AvgIpc) is 3.11. The molecule has 0 radical (unpaired) electrons. The van der Waals surface area contributed by atoms with Crippen LogP contribution in [0, 0.1) is 0 Å². The van der Waals surface area contributed by atoms with E-state index in [1.807, 2.05) is 72.8 Å². The molecule has 5 rings (SSSR count). The van der Waals surface area contributed by atoms with Crippen molar-refractivity contribution in [3.05, 3.63) is 131 Å². The lowest BCUT2D eigenvalue weighted by Gasteiger charge is -2.36. The summed E-state index contributed by atoms with van der Waals surface area (Å²) in [6.07, 6.45) is 0.398. The zero-order chi connectivity index (χ0) is 21.3. The third-order valence-corrected chi connectivity index (χ3v) is 6.13. The summed E-state index contributed by atoms with van der Waals surface area (Å²) >= 11 is 0. The van der Waals surface area contributed by atoms with Crippen molar-refractivity contribution in [3.63, 3.8) is 0 Å². The number of rotatable bonds is 6. The van der Waals surface area contributed by atoms with E-state index in [0.717, 1.165) is 33.4 Å². The Balaban J connectivity index is 1.71. The molecule has 0 saturated heterocycles. The molecule has 0 unspecified atom stereocenters. The van der Waals surface area contributed by atoms with Gasteiger partial charge in [0.05, 0.1) is 5.54 Å². The minimum absolute atomic E-state index is 0.398. The first-order chi connectivity index (χ1) is 15.2. The summed E-state index contributed by atoms with van der Waals surface area (Å²) in [5.74, 6) is -0.860. The topological polar surface area (TPSA) is 49.3 Å². The standard InChI is InChI=1S/C28H23NO2/c30-27(31)26(19-20-11-3-1-4-12-20)29-28(21-13-5-2-6-14-21)24-17-9-7-15-22(24)23-16-8-10-18-25(23)28/h1-18,26,29H,19H2,(H,30,31)/t26-/m0/s1. The third-order valence-electron chi connectivity index (χ3n) is 6.13. The number of aliphatic carboxylic acids is 1. The number of nitrogens with one attached hydrogen (secondary N) is 1. The molecule has 2 N–H and O–H groups in total. The highest BCUT2D eigenvalue weighted by molar-refractivity contribution is 5.84. The van der Waals surface area contributed by atoms with Crippen LogP contribution in [0.2, 0.25) is 0 Å². The quantitative estimate of drug-likeness (QED) is 0.461. The molecule has 4 aromatic carbocycles. The summed E-state index contributed by atoms with van der Waals surface area (Å²) in [4.78, 5) is 12.4. The van der Waals surface area contributed by atoms with E-state index >= 15 is 0 Å². The fourth-order valence-electron chi connectivity index (χ4n) is 4.78. The van der Waals surface area contributed by atoms with Gasteiger partial charge in [-0.25, -0.2) is 0 Å². The summed E-state index contributed by atoms with van der Waals surface area (Å²) < 4.78 is 0. The number of hydrogen-bond donors (Lipinski definition) is 2. The normalized spacial score (nSPS) is 14.5. The molecular weight excluding hydrogens is 382 g/mol. The lowest BCUT2D eigenvalue weighted by atomic mass is 9.79. The van der Waals surface area contributed by atoms with Gasteiger partial charge in [0.25, 0.3) is 0 Å². The SMILES string of the molecule is O=C(O)[C@H](Cc1ccccc1)NC1(c2ccccc2)c2ccccc2-c2ccccc21. The lowest BCUT2D eigenvalue weighted by Crippen LogP contribution is -2.52. The maximum atomic E-state index is 12.4. The van der Waals surface area contributed by atoms with Gasteiger partial charge in [0, 0.05) is 0 Å². The molecule has 1 aliphatic rings. The van der Waals surface area contributed by atoms with Crippen molar-refractivity contribution in [2.75, 3.05) is 0 Å². The fourth-order valence-corrected chi connectivity index (χ4v) is 4.78. The molecule has 0 heterocycles. The Kier molecular flexibility index (Phi) is 4.89. The second-order valence-corrected chi connectivity index (χ2v) is 7.93.